The van der Waals surface area contributed by atoms with E-state index in [4.69, 9.17) is 10.8 Å². The van der Waals surface area contributed by atoms with E-state index in [2.05, 4.69) is 5.32 Å². The normalized spacial score (nSPS) is 10.5. The first-order valence-electron chi connectivity index (χ1n) is 5.85. The second-order valence-corrected chi connectivity index (χ2v) is 4.41. The Morgan fingerprint density at radius 2 is 1.86 bits per heavy atom. The van der Waals surface area contributed by atoms with Crippen LogP contribution in [0.4, 0.5) is 24.5 Å². The first-order chi connectivity index (χ1) is 9.81. The molecule has 0 unspecified atom stereocenters. The number of phenols is 1. The van der Waals surface area contributed by atoms with Gasteiger partial charge in [0.25, 0.3) is 5.91 Å². The minimum Gasteiger partial charge on any atom is -0.503 e. The maximum Gasteiger partial charge on any atom is 0.258 e. The summed E-state index contributed by atoms with van der Waals surface area (Å²) in [6, 6.07) is 5.05. The molecule has 110 valence electrons. The summed E-state index contributed by atoms with van der Waals surface area (Å²) in [5, 5.41) is 11.4. The number of rotatable bonds is 2. The molecule has 0 spiro atoms. The van der Waals surface area contributed by atoms with Gasteiger partial charge in [-0.05, 0) is 30.7 Å². The molecule has 2 rings (SSSR count). The molecule has 7 heteroatoms. The van der Waals surface area contributed by atoms with Crippen molar-refractivity contribution in [3.63, 3.8) is 0 Å². The number of hydrogen-bond donors (Lipinski definition) is 3. The molecule has 0 aromatic heterocycles. The summed E-state index contributed by atoms with van der Waals surface area (Å²) in [6.45, 7) is 1.67. The molecule has 0 saturated heterocycles. The van der Waals surface area contributed by atoms with Crippen molar-refractivity contribution in [2.75, 3.05) is 11.1 Å². The second-order valence-electron chi connectivity index (χ2n) is 4.41. The molecular formula is C14H11F3N2O2. The molecule has 1 amide bonds. The van der Waals surface area contributed by atoms with Gasteiger partial charge in [-0.25, -0.2) is 8.78 Å². The van der Waals surface area contributed by atoms with Crippen molar-refractivity contribution >= 4 is 17.3 Å². The summed E-state index contributed by atoms with van der Waals surface area (Å²) in [5.41, 5.74) is 6.06. The van der Waals surface area contributed by atoms with Gasteiger partial charge < -0.3 is 16.2 Å². The SMILES string of the molecule is Cc1ccc(N)cc1NC(=O)c1cc(F)c(F)c(O)c1F. The zero-order valence-electron chi connectivity index (χ0n) is 10.9. The molecule has 0 aliphatic heterocycles. The Morgan fingerprint density at radius 3 is 2.52 bits per heavy atom. The summed E-state index contributed by atoms with van der Waals surface area (Å²) in [4.78, 5) is 11.9. The highest BCUT2D eigenvalue weighted by Crippen LogP contribution is 2.27. The monoisotopic (exact) mass is 296 g/mol. The number of benzene rings is 2. The number of anilines is 2. The molecule has 0 radical (unpaired) electrons. The van der Waals surface area contributed by atoms with Crippen LogP contribution >= 0.6 is 0 Å². The van der Waals surface area contributed by atoms with Gasteiger partial charge in [0.1, 0.15) is 0 Å². The largest absolute Gasteiger partial charge is 0.503 e. The Labute approximate surface area is 118 Å². The molecule has 2 aromatic carbocycles. The first-order valence-corrected chi connectivity index (χ1v) is 5.85. The van der Waals surface area contributed by atoms with Crippen LogP contribution in [0.25, 0.3) is 0 Å². The van der Waals surface area contributed by atoms with Crippen LogP contribution in [-0.4, -0.2) is 11.0 Å². The third kappa shape index (κ3) is 2.76. The van der Waals surface area contributed by atoms with Gasteiger partial charge in [0.2, 0.25) is 5.82 Å². The van der Waals surface area contributed by atoms with Gasteiger partial charge in [-0.3, -0.25) is 4.79 Å². The average Bonchev–Trinajstić information content (AvgIpc) is 2.44. The smallest absolute Gasteiger partial charge is 0.258 e. The van der Waals surface area contributed by atoms with Crippen molar-refractivity contribution < 1.29 is 23.1 Å². The first kappa shape index (κ1) is 14.7. The van der Waals surface area contributed by atoms with E-state index in [9.17, 15) is 18.0 Å². The van der Waals surface area contributed by atoms with Crippen LogP contribution in [-0.2, 0) is 0 Å². The van der Waals surface area contributed by atoms with Crippen LogP contribution in [0.15, 0.2) is 24.3 Å². The third-order valence-electron chi connectivity index (χ3n) is 2.89. The van der Waals surface area contributed by atoms with Crippen LogP contribution in [0, 0.1) is 24.4 Å². The minimum absolute atomic E-state index is 0.295. The van der Waals surface area contributed by atoms with Gasteiger partial charge in [0.15, 0.2) is 17.4 Å². The van der Waals surface area contributed by atoms with E-state index in [0.29, 0.717) is 23.0 Å². The Hall–Kier alpha value is -2.70. The average molecular weight is 296 g/mol. The maximum absolute atomic E-state index is 13.6. The number of halogens is 3. The summed E-state index contributed by atoms with van der Waals surface area (Å²) in [5.74, 6) is -7.37. The molecule has 0 aliphatic rings. The molecule has 4 nitrogen and oxygen atoms in total. The lowest BCUT2D eigenvalue weighted by Crippen LogP contribution is -2.15. The lowest BCUT2D eigenvalue weighted by atomic mass is 10.1. The van der Waals surface area contributed by atoms with Crippen molar-refractivity contribution in [1.29, 1.82) is 0 Å². The second kappa shape index (κ2) is 5.35. The van der Waals surface area contributed by atoms with Gasteiger partial charge in [0.05, 0.1) is 5.56 Å². The Morgan fingerprint density at radius 1 is 1.19 bits per heavy atom. The quantitative estimate of drug-likeness (QED) is 0.589. The van der Waals surface area contributed by atoms with Crippen molar-refractivity contribution in [3.05, 3.63) is 52.8 Å². The fraction of sp³-hybridized carbons (Fsp3) is 0.0714. The number of nitrogen functional groups attached to an aromatic ring is 1. The highest BCUT2D eigenvalue weighted by Gasteiger charge is 2.22. The highest BCUT2D eigenvalue weighted by atomic mass is 19.2. The number of nitrogens with two attached hydrogens (primary N) is 1. The fourth-order valence-electron chi connectivity index (χ4n) is 1.72. The predicted molar refractivity (Wildman–Crippen MR) is 71.5 cm³/mol. The summed E-state index contributed by atoms with van der Waals surface area (Å²) < 4.78 is 39.8. The molecule has 2 aromatic rings. The van der Waals surface area contributed by atoms with Crippen LogP contribution in [0.1, 0.15) is 15.9 Å². The Bertz CT molecular complexity index is 733. The zero-order valence-corrected chi connectivity index (χ0v) is 10.9. The fourth-order valence-corrected chi connectivity index (χ4v) is 1.72. The standard InChI is InChI=1S/C14H11F3N2O2/c1-6-2-3-7(18)4-10(6)19-14(21)8-5-9(15)12(17)13(20)11(8)16/h2-5,20H,18H2,1H3,(H,19,21). The lowest BCUT2D eigenvalue weighted by molar-refractivity contribution is 0.102. The number of aryl methyl sites for hydroxylation is 1. The number of carbonyl (C=O) groups excluding carboxylic acids is 1. The zero-order chi connectivity index (χ0) is 15.7. The van der Waals surface area contributed by atoms with Crippen LogP contribution in [0.3, 0.4) is 0 Å². The minimum atomic E-state index is -1.75. The maximum atomic E-state index is 13.6. The van der Waals surface area contributed by atoms with Gasteiger partial charge in [-0.1, -0.05) is 6.07 Å². The summed E-state index contributed by atoms with van der Waals surface area (Å²) in [6.07, 6.45) is 0. The number of aromatic hydroxyl groups is 1. The highest BCUT2D eigenvalue weighted by molar-refractivity contribution is 6.05. The van der Waals surface area contributed by atoms with E-state index in [1.807, 2.05) is 0 Å². The molecule has 0 heterocycles. The van der Waals surface area contributed by atoms with E-state index in [1.54, 1.807) is 19.1 Å². The van der Waals surface area contributed by atoms with Crippen LogP contribution in [0.2, 0.25) is 0 Å². The van der Waals surface area contributed by atoms with E-state index in [1.165, 1.54) is 6.07 Å². The number of nitrogens with one attached hydrogen (secondary N) is 1. The third-order valence-corrected chi connectivity index (χ3v) is 2.89. The van der Waals surface area contributed by atoms with E-state index in [0.717, 1.165) is 0 Å². The van der Waals surface area contributed by atoms with Gasteiger partial charge in [-0.2, -0.15) is 4.39 Å². The molecule has 0 saturated carbocycles. The Balaban J connectivity index is 2.40. The molecule has 4 N–H and O–H groups in total. The summed E-state index contributed by atoms with van der Waals surface area (Å²) >= 11 is 0. The number of phenolic OH excluding ortho intramolecular Hbond substituents is 1. The molecule has 0 bridgehead atoms. The molecular weight excluding hydrogens is 285 g/mol. The Kier molecular flexibility index (Phi) is 3.75. The van der Waals surface area contributed by atoms with Crippen LogP contribution in [0.5, 0.6) is 5.75 Å². The van der Waals surface area contributed by atoms with E-state index >= 15 is 0 Å². The van der Waals surface area contributed by atoms with Gasteiger partial charge in [0, 0.05) is 11.4 Å². The molecule has 0 fully saturated rings. The van der Waals surface area contributed by atoms with Crippen molar-refractivity contribution in [2.45, 2.75) is 6.92 Å². The van der Waals surface area contributed by atoms with Crippen molar-refractivity contribution in [3.8, 4) is 5.75 Å². The lowest BCUT2D eigenvalue weighted by Gasteiger charge is -2.11. The van der Waals surface area contributed by atoms with Crippen LogP contribution < -0.4 is 11.1 Å². The van der Waals surface area contributed by atoms with Gasteiger partial charge in [-0.15, -0.1) is 0 Å². The van der Waals surface area contributed by atoms with E-state index < -0.39 is 34.7 Å². The molecule has 0 aliphatic carbocycles. The predicted octanol–water partition coefficient (Wildman–Crippen LogP) is 2.95. The van der Waals surface area contributed by atoms with E-state index in [-0.39, 0.29) is 0 Å². The topological polar surface area (TPSA) is 75.3 Å². The van der Waals surface area contributed by atoms with Crippen molar-refractivity contribution in [1.82, 2.24) is 0 Å². The number of amides is 1. The molecule has 21 heavy (non-hydrogen) atoms. The van der Waals surface area contributed by atoms with Crippen molar-refractivity contribution in [2.24, 2.45) is 0 Å². The number of hydrogen-bond acceptors (Lipinski definition) is 3. The number of carbonyl (C=O) groups is 1. The molecule has 0 atom stereocenters. The van der Waals surface area contributed by atoms with Gasteiger partial charge >= 0.3 is 0 Å². The summed E-state index contributed by atoms with van der Waals surface area (Å²) in [7, 11) is 0.